The first-order valence-electron chi connectivity index (χ1n) is 10.9. The molecule has 0 aliphatic carbocycles. The Balaban J connectivity index is 1.55. The molecule has 0 radical (unpaired) electrons. The standard InChI is InChI=1S/C24H24ClN5O3/c1-3-33-14-13-28-22(31)20-21(27(2)24(28)32)26-23-29(20)15-19(16-7-5-4-6-8-16)30(23)18-11-9-17(25)10-12-18/h4-12,15,20-21H,3,13-14H2,1-2H3. The summed E-state index contributed by atoms with van der Waals surface area (Å²) in [5, 5.41) is 0.632. The van der Waals surface area contributed by atoms with Crippen molar-refractivity contribution in [2.45, 2.75) is 19.1 Å². The molecule has 0 aromatic heterocycles. The van der Waals surface area contributed by atoms with Crippen LogP contribution in [-0.2, 0) is 9.53 Å². The third-order valence-corrected chi connectivity index (χ3v) is 6.28. The van der Waals surface area contributed by atoms with Crippen LogP contribution in [-0.4, -0.2) is 71.6 Å². The number of halogens is 1. The van der Waals surface area contributed by atoms with Crippen molar-refractivity contribution >= 4 is 40.9 Å². The van der Waals surface area contributed by atoms with Crippen molar-refractivity contribution in [3.05, 3.63) is 71.4 Å². The molecule has 3 aliphatic rings. The van der Waals surface area contributed by atoms with E-state index in [2.05, 4.69) is 0 Å². The van der Waals surface area contributed by atoms with Crippen molar-refractivity contribution < 1.29 is 14.3 Å². The fourth-order valence-electron chi connectivity index (χ4n) is 4.40. The molecule has 2 aromatic rings. The summed E-state index contributed by atoms with van der Waals surface area (Å²) >= 11 is 6.13. The largest absolute Gasteiger partial charge is 0.380 e. The average Bonchev–Trinajstić information content (AvgIpc) is 3.38. The van der Waals surface area contributed by atoms with Gasteiger partial charge in [0.1, 0.15) is 0 Å². The topological polar surface area (TPSA) is 68.7 Å². The first-order chi connectivity index (χ1) is 16.0. The number of carbonyl (C=O) groups excluding carboxylic acids is 2. The van der Waals surface area contributed by atoms with Crippen molar-refractivity contribution in [1.82, 2.24) is 14.7 Å². The van der Waals surface area contributed by atoms with Gasteiger partial charge >= 0.3 is 6.03 Å². The molecule has 0 bridgehead atoms. The number of imide groups is 1. The Morgan fingerprint density at radius 2 is 1.79 bits per heavy atom. The van der Waals surface area contributed by atoms with Crippen LogP contribution in [0.15, 0.2) is 65.8 Å². The first kappa shape index (κ1) is 21.5. The van der Waals surface area contributed by atoms with Crippen LogP contribution in [0, 0.1) is 0 Å². The lowest BCUT2D eigenvalue weighted by molar-refractivity contribution is -0.137. The predicted molar refractivity (Wildman–Crippen MR) is 127 cm³/mol. The zero-order valence-corrected chi connectivity index (χ0v) is 19.1. The summed E-state index contributed by atoms with van der Waals surface area (Å²) in [6.45, 7) is 2.91. The van der Waals surface area contributed by atoms with Gasteiger partial charge in [-0.05, 0) is 31.2 Å². The Kier molecular flexibility index (Phi) is 5.55. The highest BCUT2D eigenvalue weighted by Gasteiger charge is 2.54. The number of ether oxygens (including phenoxy) is 1. The Bertz CT molecular complexity index is 1130. The molecule has 3 heterocycles. The van der Waals surface area contributed by atoms with E-state index >= 15 is 0 Å². The molecule has 3 aliphatic heterocycles. The Hall–Kier alpha value is -3.36. The highest BCUT2D eigenvalue weighted by Crippen LogP contribution is 2.40. The van der Waals surface area contributed by atoms with Gasteiger partial charge in [0, 0.05) is 36.1 Å². The molecular formula is C24H24ClN5O3. The molecule has 2 aromatic carbocycles. The van der Waals surface area contributed by atoms with Crippen LogP contribution < -0.4 is 4.90 Å². The molecule has 0 N–H and O–H groups in total. The average molecular weight is 466 g/mol. The lowest BCUT2D eigenvalue weighted by atomic mass is 10.1. The van der Waals surface area contributed by atoms with Crippen LogP contribution in [0.1, 0.15) is 12.5 Å². The van der Waals surface area contributed by atoms with Gasteiger partial charge in [0.05, 0.1) is 18.8 Å². The number of amides is 3. The number of likely N-dealkylation sites (N-methyl/N-ethyl adjacent to an activating group) is 1. The highest BCUT2D eigenvalue weighted by molar-refractivity contribution is 6.30. The number of rotatable bonds is 6. The molecule has 2 unspecified atom stereocenters. The number of anilines is 1. The van der Waals surface area contributed by atoms with Crippen LogP contribution >= 0.6 is 11.6 Å². The molecular weight excluding hydrogens is 442 g/mol. The monoisotopic (exact) mass is 465 g/mol. The normalized spacial score (nSPS) is 21.9. The summed E-state index contributed by atoms with van der Waals surface area (Å²) in [5.74, 6) is 0.328. The van der Waals surface area contributed by atoms with Crippen LogP contribution in [0.2, 0.25) is 5.02 Å². The van der Waals surface area contributed by atoms with Gasteiger partial charge in [0.15, 0.2) is 12.2 Å². The minimum Gasteiger partial charge on any atom is -0.380 e. The van der Waals surface area contributed by atoms with Crippen molar-refractivity contribution in [3.63, 3.8) is 0 Å². The number of hydrogen-bond donors (Lipinski definition) is 0. The van der Waals surface area contributed by atoms with E-state index in [1.54, 1.807) is 7.05 Å². The summed E-state index contributed by atoms with van der Waals surface area (Å²) in [4.78, 5) is 37.9. The lowest BCUT2D eigenvalue weighted by Gasteiger charge is -2.40. The number of urea groups is 1. The maximum absolute atomic E-state index is 13.5. The van der Waals surface area contributed by atoms with Crippen LogP contribution in [0.5, 0.6) is 0 Å². The maximum Gasteiger partial charge on any atom is 0.328 e. The second-order valence-corrected chi connectivity index (χ2v) is 8.40. The molecule has 2 atom stereocenters. The van der Waals surface area contributed by atoms with Gasteiger partial charge in [-0.15, -0.1) is 0 Å². The fourth-order valence-corrected chi connectivity index (χ4v) is 4.52. The van der Waals surface area contributed by atoms with Gasteiger partial charge in [-0.3, -0.25) is 19.5 Å². The van der Waals surface area contributed by atoms with E-state index in [1.165, 1.54) is 9.80 Å². The molecule has 1 fully saturated rings. The quantitative estimate of drug-likeness (QED) is 0.611. The van der Waals surface area contributed by atoms with E-state index in [-0.39, 0.29) is 18.5 Å². The second-order valence-electron chi connectivity index (χ2n) is 7.97. The highest BCUT2D eigenvalue weighted by atomic mass is 35.5. The zero-order chi connectivity index (χ0) is 23.1. The van der Waals surface area contributed by atoms with Gasteiger partial charge < -0.3 is 9.64 Å². The van der Waals surface area contributed by atoms with E-state index < -0.39 is 12.2 Å². The van der Waals surface area contributed by atoms with Gasteiger partial charge in [-0.1, -0.05) is 41.9 Å². The number of aliphatic imine (C=N–C) groups is 1. The number of benzene rings is 2. The molecule has 0 spiro atoms. The number of guanidine groups is 1. The molecule has 33 heavy (non-hydrogen) atoms. The minimum absolute atomic E-state index is 0.207. The van der Waals surface area contributed by atoms with Crippen LogP contribution in [0.3, 0.4) is 0 Å². The fraction of sp³-hybridized carbons (Fsp3) is 0.292. The number of fused-ring (bicyclic) bond motifs is 3. The van der Waals surface area contributed by atoms with E-state index in [4.69, 9.17) is 21.3 Å². The SMILES string of the molecule is CCOCCN1C(=O)C2C(N=C3N(c4ccc(Cl)cc4)C(c4ccccc4)=CN32)N(C)C1=O. The molecule has 170 valence electrons. The van der Waals surface area contributed by atoms with Gasteiger partial charge in [0.2, 0.25) is 5.96 Å². The summed E-state index contributed by atoms with van der Waals surface area (Å²) in [7, 11) is 1.68. The van der Waals surface area contributed by atoms with E-state index in [0.717, 1.165) is 16.9 Å². The number of carbonyl (C=O) groups is 2. The van der Waals surface area contributed by atoms with Crippen molar-refractivity contribution in [2.24, 2.45) is 4.99 Å². The van der Waals surface area contributed by atoms with Gasteiger partial charge in [-0.2, -0.15) is 0 Å². The summed E-state index contributed by atoms with van der Waals surface area (Å²) < 4.78 is 5.39. The molecule has 9 heteroatoms. The molecule has 8 nitrogen and oxygen atoms in total. The van der Waals surface area contributed by atoms with Crippen molar-refractivity contribution in [2.75, 3.05) is 31.7 Å². The van der Waals surface area contributed by atoms with Gasteiger partial charge in [-0.25, -0.2) is 9.79 Å². The molecule has 0 saturated carbocycles. The maximum atomic E-state index is 13.5. The molecule has 5 rings (SSSR count). The van der Waals surface area contributed by atoms with Crippen LogP contribution in [0.4, 0.5) is 10.5 Å². The van der Waals surface area contributed by atoms with Crippen LogP contribution in [0.25, 0.3) is 5.70 Å². The van der Waals surface area contributed by atoms with Gasteiger partial charge in [0.25, 0.3) is 5.91 Å². The Morgan fingerprint density at radius 3 is 2.48 bits per heavy atom. The number of hydrogen-bond acceptors (Lipinski definition) is 6. The molecule has 1 saturated heterocycles. The smallest absolute Gasteiger partial charge is 0.328 e. The Labute approximate surface area is 197 Å². The van der Waals surface area contributed by atoms with E-state index in [0.29, 0.717) is 24.2 Å². The molecule has 3 amide bonds. The predicted octanol–water partition coefficient (Wildman–Crippen LogP) is 3.46. The Morgan fingerprint density at radius 1 is 1.06 bits per heavy atom. The van der Waals surface area contributed by atoms with Crippen molar-refractivity contribution in [1.29, 1.82) is 0 Å². The third kappa shape index (κ3) is 3.55. The summed E-state index contributed by atoms with van der Waals surface area (Å²) in [5.41, 5.74) is 2.74. The zero-order valence-electron chi connectivity index (χ0n) is 18.4. The lowest BCUT2D eigenvalue weighted by Crippen LogP contribution is -2.64. The first-order valence-corrected chi connectivity index (χ1v) is 11.2. The second kappa shape index (κ2) is 8.53. The third-order valence-electron chi connectivity index (χ3n) is 6.03. The van der Waals surface area contributed by atoms with Crippen molar-refractivity contribution in [3.8, 4) is 0 Å². The van der Waals surface area contributed by atoms with E-state index in [9.17, 15) is 9.59 Å². The number of nitrogens with zero attached hydrogens (tertiary/aromatic N) is 5. The summed E-state index contributed by atoms with van der Waals surface area (Å²) in [6.07, 6.45) is 1.34. The van der Waals surface area contributed by atoms with E-state index in [1.807, 2.05) is 77.5 Å². The summed E-state index contributed by atoms with van der Waals surface area (Å²) in [6, 6.07) is 16.4. The minimum atomic E-state index is -0.639.